The summed E-state index contributed by atoms with van der Waals surface area (Å²) in [5.41, 5.74) is 1.76. The number of nitrogens with zero attached hydrogens (tertiary/aromatic N) is 3. The number of amides is 1. The van der Waals surface area contributed by atoms with Gasteiger partial charge in [0.1, 0.15) is 0 Å². The molecule has 1 spiro atoms. The van der Waals surface area contributed by atoms with Crippen LogP contribution in [0.1, 0.15) is 43.4 Å². The monoisotopic (exact) mass is 322 g/mol. The van der Waals surface area contributed by atoms with Gasteiger partial charge in [0.2, 0.25) is 5.95 Å². The first-order chi connectivity index (χ1) is 10.7. The van der Waals surface area contributed by atoms with Gasteiger partial charge in [-0.25, -0.2) is 9.97 Å². The van der Waals surface area contributed by atoms with Gasteiger partial charge in [0.15, 0.2) is 0 Å². The average Bonchev–Trinajstić information content (AvgIpc) is 2.83. The summed E-state index contributed by atoms with van der Waals surface area (Å²) in [4.78, 5) is 22.6. The molecule has 2 aliphatic heterocycles. The number of ether oxygens (including phenoxy) is 1. The van der Waals surface area contributed by atoms with E-state index in [4.69, 9.17) is 16.3 Å². The molecule has 1 aromatic heterocycles. The molecule has 3 aliphatic rings. The molecule has 7 heteroatoms. The Kier molecular flexibility index (Phi) is 3.46. The molecule has 0 unspecified atom stereocenters. The summed E-state index contributed by atoms with van der Waals surface area (Å²) in [6, 6.07) is 0.358. The second kappa shape index (κ2) is 5.35. The Morgan fingerprint density at radius 3 is 2.82 bits per heavy atom. The average molecular weight is 323 g/mol. The van der Waals surface area contributed by atoms with E-state index in [1.807, 2.05) is 6.20 Å². The SMILES string of the molecule is O=C(Cl)N1Cc2nc(NC3CCOCC3)ncc2C12CCC2. The number of carbonyl (C=O) groups is 1. The van der Waals surface area contributed by atoms with Gasteiger partial charge in [0.05, 0.1) is 17.8 Å². The predicted octanol–water partition coefficient (Wildman–Crippen LogP) is 2.62. The lowest BCUT2D eigenvalue weighted by Gasteiger charge is -2.45. The number of carbonyl (C=O) groups excluding carboxylic acids is 1. The van der Waals surface area contributed by atoms with Crippen molar-refractivity contribution < 1.29 is 9.53 Å². The number of nitrogens with one attached hydrogen (secondary N) is 1. The molecular formula is C15H19ClN4O2. The van der Waals surface area contributed by atoms with E-state index in [0.717, 1.165) is 56.6 Å². The highest BCUT2D eigenvalue weighted by Gasteiger charge is 2.52. The third-order valence-corrected chi connectivity index (χ3v) is 5.35. The fraction of sp³-hybridized carbons (Fsp3) is 0.667. The van der Waals surface area contributed by atoms with Crippen LogP contribution >= 0.6 is 11.6 Å². The smallest absolute Gasteiger partial charge is 0.317 e. The minimum Gasteiger partial charge on any atom is -0.381 e. The van der Waals surface area contributed by atoms with Crippen LogP contribution in [0.3, 0.4) is 0 Å². The highest BCUT2D eigenvalue weighted by molar-refractivity contribution is 6.62. The summed E-state index contributed by atoms with van der Waals surface area (Å²) < 4.78 is 5.36. The van der Waals surface area contributed by atoms with Crippen molar-refractivity contribution in [1.29, 1.82) is 0 Å². The Morgan fingerprint density at radius 1 is 1.41 bits per heavy atom. The van der Waals surface area contributed by atoms with Crippen LogP contribution in [0.5, 0.6) is 0 Å². The highest BCUT2D eigenvalue weighted by Crippen LogP contribution is 2.52. The normalized spacial score (nSPS) is 23.2. The molecule has 1 aromatic rings. The van der Waals surface area contributed by atoms with E-state index in [9.17, 15) is 4.79 Å². The van der Waals surface area contributed by atoms with E-state index in [1.54, 1.807) is 4.90 Å². The quantitative estimate of drug-likeness (QED) is 0.669. The van der Waals surface area contributed by atoms with Crippen molar-refractivity contribution in [1.82, 2.24) is 14.9 Å². The van der Waals surface area contributed by atoms with Crippen molar-refractivity contribution in [3.05, 3.63) is 17.5 Å². The van der Waals surface area contributed by atoms with Crippen molar-refractivity contribution in [2.45, 2.75) is 50.2 Å². The van der Waals surface area contributed by atoms with Gasteiger partial charge in [0, 0.05) is 31.0 Å². The Bertz CT molecular complexity index is 599. The van der Waals surface area contributed by atoms with Crippen molar-refractivity contribution in [2.24, 2.45) is 0 Å². The van der Waals surface area contributed by atoms with Gasteiger partial charge in [0.25, 0.3) is 0 Å². The highest BCUT2D eigenvalue weighted by atomic mass is 35.5. The maximum Gasteiger partial charge on any atom is 0.317 e. The molecule has 1 aliphatic carbocycles. The van der Waals surface area contributed by atoms with Crippen LogP contribution < -0.4 is 5.32 Å². The van der Waals surface area contributed by atoms with Crippen molar-refractivity contribution >= 4 is 22.9 Å². The van der Waals surface area contributed by atoms with Crippen molar-refractivity contribution in [3.63, 3.8) is 0 Å². The molecule has 1 saturated carbocycles. The second-order valence-electron chi connectivity index (χ2n) is 6.31. The molecule has 22 heavy (non-hydrogen) atoms. The largest absolute Gasteiger partial charge is 0.381 e. The van der Waals surface area contributed by atoms with Crippen LogP contribution in [-0.4, -0.2) is 39.5 Å². The molecule has 3 heterocycles. The number of anilines is 1. The number of hydrogen-bond acceptors (Lipinski definition) is 5. The summed E-state index contributed by atoms with van der Waals surface area (Å²) in [5.74, 6) is 0.643. The van der Waals surface area contributed by atoms with Crippen LogP contribution in [0, 0.1) is 0 Å². The van der Waals surface area contributed by atoms with E-state index in [0.29, 0.717) is 18.5 Å². The van der Waals surface area contributed by atoms with Gasteiger partial charge in [-0.15, -0.1) is 0 Å². The Hall–Kier alpha value is -1.40. The van der Waals surface area contributed by atoms with Crippen LogP contribution in [0.25, 0.3) is 0 Å². The molecule has 0 aromatic carbocycles. The first-order valence-electron chi connectivity index (χ1n) is 7.87. The van der Waals surface area contributed by atoms with E-state index < -0.39 is 5.37 Å². The third-order valence-electron chi connectivity index (χ3n) is 5.14. The Labute approximate surface area is 134 Å². The fourth-order valence-electron chi connectivity index (χ4n) is 3.75. The van der Waals surface area contributed by atoms with Crippen molar-refractivity contribution in [3.8, 4) is 0 Å². The zero-order chi connectivity index (χ0) is 15.2. The fourth-order valence-corrected chi connectivity index (χ4v) is 3.97. The first kappa shape index (κ1) is 14.2. The van der Waals surface area contributed by atoms with Crippen LogP contribution in [0.15, 0.2) is 6.20 Å². The molecule has 1 saturated heterocycles. The van der Waals surface area contributed by atoms with Gasteiger partial charge in [-0.2, -0.15) is 0 Å². The minimum atomic E-state index is -0.392. The second-order valence-corrected chi connectivity index (χ2v) is 6.63. The molecule has 0 radical (unpaired) electrons. The molecule has 0 bridgehead atoms. The molecule has 118 valence electrons. The molecule has 1 N–H and O–H groups in total. The van der Waals surface area contributed by atoms with Gasteiger partial charge < -0.3 is 15.0 Å². The lowest BCUT2D eigenvalue weighted by atomic mass is 9.73. The van der Waals surface area contributed by atoms with Crippen molar-refractivity contribution in [2.75, 3.05) is 18.5 Å². The van der Waals surface area contributed by atoms with Crippen LogP contribution in [0.4, 0.5) is 10.7 Å². The first-order valence-corrected chi connectivity index (χ1v) is 8.25. The predicted molar refractivity (Wildman–Crippen MR) is 81.8 cm³/mol. The summed E-state index contributed by atoms with van der Waals surface area (Å²) >= 11 is 5.78. The zero-order valence-corrected chi connectivity index (χ0v) is 13.1. The van der Waals surface area contributed by atoms with E-state index in [2.05, 4.69) is 15.3 Å². The summed E-state index contributed by atoms with van der Waals surface area (Å²) in [6.45, 7) is 2.04. The summed E-state index contributed by atoms with van der Waals surface area (Å²) in [6.07, 6.45) is 6.83. The number of rotatable bonds is 2. The van der Waals surface area contributed by atoms with Gasteiger partial charge >= 0.3 is 5.37 Å². The topological polar surface area (TPSA) is 67.4 Å². The lowest BCUT2D eigenvalue weighted by molar-refractivity contribution is 0.0676. The number of fused-ring (bicyclic) bond motifs is 2. The van der Waals surface area contributed by atoms with Gasteiger partial charge in [-0.3, -0.25) is 4.79 Å². The van der Waals surface area contributed by atoms with Gasteiger partial charge in [-0.05, 0) is 43.7 Å². The molecule has 1 amide bonds. The summed E-state index contributed by atoms with van der Waals surface area (Å²) in [5, 5.41) is 2.99. The maximum absolute atomic E-state index is 11.7. The maximum atomic E-state index is 11.7. The molecule has 6 nitrogen and oxygen atoms in total. The van der Waals surface area contributed by atoms with E-state index in [-0.39, 0.29) is 5.54 Å². The third kappa shape index (κ3) is 2.16. The van der Waals surface area contributed by atoms with E-state index in [1.165, 1.54) is 0 Å². The zero-order valence-electron chi connectivity index (χ0n) is 12.3. The molecular weight excluding hydrogens is 304 g/mol. The Balaban J connectivity index is 1.58. The van der Waals surface area contributed by atoms with Gasteiger partial charge in [-0.1, -0.05) is 0 Å². The molecule has 2 fully saturated rings. The van der Waals surface area contributed by atoms with E-state index >= 15 is 0 Å². The van der Waals surface area contributed by atoms with Crippen LogP contribution in [-0.2, 0) is 16.8 Å². The number of aromatic nitrogens is 2. The Morgan fingerprint density at radius 2 is 2.18 bits per heavy atom. The summed E-state index contributed by atoms with van der Waals surface area (Å²) in [7, 11) is 0. The number of hydrogen-bond donors (Lipinski definition) is 1. The standard InChI is InChI=1S/C15H19ClN4O2/c16-13(21)20-9-12-11(15(20)4-1-5-15)8-17-14(19-12)18-10-2-6-22-7-3-10/h8,10H,1-7,9H2,(H,17,18,19). The minimum absolute atomic E-state index is 0.245. The molecule has 4 rings (SSSR count). The molecule has 0 atom stereocenters. The van der Waals surface area contributed by atoms with Crippen LogP contribution in [0.2, 0.25) is 0 Å². The number of halogens is 1. The lowest BCUT2D eigenvalue weighted by Crippen LogP contribution is -2.47.